The lowest BCUT2D eigenvalue weighted by molar-refractivity contribution is 0.217. The molecule has 0 amide bonds. The number of rotatable bonds is 3. The van der Waals surface area contributed by atoms with E-state index in [1.165, 1.54) is 23.3 Å². The van der Waals surface area contributed by atoms with Gasteiger partial charge < -0.3 is 10.1 Å². The van der Waals surface area contributed by atoms with Crippen LogP contribution in [-0.2, 0) is 12.8 Å². The fourth-order valence-corrected chi connectivity index (χ4v) is 4.98. The second-order valence-corrected chi connectivity index (χ2v) is 7.80. The molecule has 1 atom stereocenters. The molecule has 5 rings (SSSR count). The molecule has 3 aromatic heterocycles. The minimum atomic E-state index is 0.197. The zero-order valence-corrected chi connectivity index (χ0v) is 14.8. The fourth-order valence-electron chi connectivity index (χ4n) is 3.73. The van der Waals surface area contributed by atoms with E-state index in [4.69, 9.17) is 14.7 Å². The van der Waals surface area contributed by atoms with E-state index in [1.807, 2.05) is 23.5 Å². The largest absolute Gasteiger partial charge is 0.472 e. The zero-order chi connectivity index (χ0) is 16.6. The second-order valence-electron chi connectivity index (χ2n) is 6.71. The van der Waals surface area contributed by atoms with Crippen LogP contribution in [0.5, 0.6) is 5.88 Å². The van der Waals surface area contributed by atoms with Crippen molar-refractivity contribution in [2.45, 2.75) is 38.2 Å². The van der Waals surface area contributed by atoms with Crippen molar-refractivity contribution in [2.24, 2.45) is 0 Å². The van der Waals surface area contributed by atoms with Crippen molar-refractivity contribution >= 4 is 21.6 Å². The molecule has 0 spiro atoms. The summed E-state index contributed by atoms with van der Waals surface area (Å²) in [5.41, 5.74) is 2.41. The van der Waals surface area contributed by atoms with Crippen LogP contribution in [0.3, 0.4) is 0 Å². The van der Waals surface area contributed by atoms with E-state index in [0.29, 0.717) is 0 Å². The molecule has 1 fully saturated rings. The third-order valence-electron chi connectivity index (χ3n) is 5.01. The van der Waals surface area contributed by atoms with Crippen molar-refractivity contribution in [1.29, 1.82) is 0 Å². The molecule has 1 aliphatic heterocycles. The molecule has 0 radical (unpaired) electrons. The Balaban J connectivity index is 1.67. The molecule has 1 N–H and O–H groups in total. The van der Waals surface area contributed by atoms with Crippen LogP contribution in [0.15, 0.2) is 24.5 Å². The van der Waals surface area contributed by atoms with Crippen molar-refractivity contribution in [1.82, 2.24) is 20.3 Å². The third kappa shape index (κ3) is 2.79. The van der Waals surface area contributed by atoms with Gasteiger partial charge in [-0.3, -0.25) is 4.98 Å². The van der Waals surface area contributed by atoms with Crippen LogP contribution in [0.25, 0.3) is 21.6 Å². The third-order valence-corrected chi connectivity index (χ3v) is 6.20. The maximum absolute atomic E-state index is 6.35. The van der Waals surface area contributed by atoms with Gasteiger partial charge in [-0.15, -0.1) is 11.3 Å². The van der Waals surface area contributed by atoms with Gasteiger partial charge in [-0.25, -0.2) is 4.98 Å². The normalized spacial score (nSPS) is 19.9. The highest BCUT2D eigenvalue weighted by atomic mass is 32.1. The van der Waals surface area contributed by atoms with Gasteiger partial charge in [0.15, 0.2) is 5.82 Å². The van der Waals surface area contributed by atoms with Gasteiger partial charge in [-0.2, -0.15) is 4.98 Å². The number of hydrogen-bond acceptors (Lipinski definition) is 6. The van der Waals surface area contributed by atoms with Crippen LogP contribution in [-0.4, -0.2) is 34.1 Å². The van der Waals surface area contributed by atoms with Crippen LogP contribution in [0.4, 0.5) is 0 Å². The average Bonchev–Trinajstić information content (AvgIpc) is 3.29. The molecule has 2 aliphatic rings. The molecule has 25 heavy (non-hydrogen) atoms. The molecular formula is C19H20N4OS. The Morgan fingerprint density at radius 3 is 2.84 bits per heavy atom. The molecule has 5 nitrogen and oxygen atoms in total. The summed E-state index contributed by atoms with van der Waals surface area (Å²) in [7, 11) is 0. The molecule has 0 unspecified atom stereocenters. The van der Waals surface area contributed by atoms with Crippen molar-refractivity contribution < 1.29 is 4.74 Å². The zero-order valence-electron chi connectivity index (χ0n) is 14.0. The fraction of sp³-hybridized carbons (Fsp3) is 0.421. The van der Waals surface area contributed by atoms with Gasteiger partial charge in [0.05, 0.1) is 5.39 Å². The Labute approximate surface area is 150 Å². The summed E-state index contributed by atoms with van der Waals surface area (Å²) >= 11 is 1.82. The first kappa shape index (κ1) is 15.2. The summed E-state index contributed by atoms with van der Waals surface area (Å²) in [6, 6.07) is 3.91. The predicted molar refractivity (Wildman–Crippen MR) is 99.2 cm³/mol. The summed E-state index contributed by atoms with van der Waals surface area (Å²) < 4.78 is 6.35. The number of aryl methyl sites for hydroxylation is 2. The number of fused-ring (bicyclic) bond motifs is 3. The average molecular weight is 352 g/mol. The topological polar surface area (TPSA) is 59.9 Å². The van der Waals surface area contributed by atoms with Gasteiger partial charge in [0.25, 0.3) is 0 Å². The van der Waals surface area contributed by atoms with Gasteiger partial charge in [0.1, 0.15) is 10.9 Å². The highest BCUT2D eigenvalue weighted by Crippen LogP contribution is 2.40. The Hall–Kier alpha value is -2.05. The number of aromatic nitrogens is 3. The van der Waals surface area contributed by atoms with Crippen LogP contribution >= 0.6 is 11.3 Å². The van der Waals surface area contributed by atoms with Gasteiger partial charge >= 0.3 is 0 Å². The van der Waals surface area contributed by atoms with Crippen molar-refractivity contribution in [3.63, 3.8) is 0 Å². The van der Waals surface area contributed by atoms with E-state index in [-0.39, 0.29) is 6.10 Å². The van der Waals surface area contributed by atoms with Crippen molar-refractivity contribution in [3.05, 3.63) is 35.0 Å². The predicted octanol–water partition coefficient (Wildman–Crippen LogP) is 3.37. The lowest BCUT2D eigenvalue weighted by Crippen LogP contribution is -2.20. The maximum Gasteiger partial charge on any atom is 0.226 e. The summed E-state index contributed by atoms with van der Waals surface area (Å²) in [6.07, 6.45) is 9.58. The molecule has 6 heteroatoms. The van der Waals surface area contributed by atoms with Crippen molar-refractivity contribution in [2.75, 3.05) is 13.1 Å². The highest BCUT2D eigenvalue weighted by Gasteiger charge is 2.25. The maximum atomic E-state index is 6.35. The Kier molecular flexibility index (Phi) is 3.87. The molecular weight excluding hydrogens is 332 g/mol. The van der Waals surface area contributed by atoms with E-state index >= 15 is 0 Å². The summed E-state index contributed by atoms with van der Waals surface area (Å²) in [6.45, 7) is 1.90. The lowest BCUT2D eigenvalue weighted by Gasteiger charge is -2.15. The standard InChI is InChI=1S/C19H20N4OS/c1-2-4-15-14(3-1)16-18(24-13-7-10-21-11-13)22-17(23-19(16)25-15)12-5-8-20-9-6-12/h5-6,8-9,13,21H,1-4,7,10-11H2/t13-/m0/s1. The first-order chi connectivity index (χ1) is 12.4. The minimum Gasteiger partial charge on any atom is -0.472 e. The number of thiophene rings is 1. The van der Waals surface area contributed by atoms with E-state index in [9.17, 15) is 0 Å². The molecule has 0 aromatic carbocycles. The highest BCUT2D eigenvalue weighted by molar-refractivity contribution is 7.18. The van der Waals surface area contributed by atoms with Gasteiger partial charge in [0.2, 0.25) is 5.88 Å². The number of nitrogens with zero attached hydrogens (tertiary/aromatic N) is 3. The van der Waals surface area contributed by atoms with Crippen molar-refractivity contribution in [3.8, 4) is 17.3 Å². The summed E-state index contributed by atoms with van der Waals surface area (Å²) in [4.78, 5) is 16.3. The Morgan fingerprint density at radius 2 is 2.00 bits per heavy atom. The Morgan fingerprint density at radius 1 is 1.12 bits per heavy atom. The number of pyridine rings is 1. The minimum absolute atomic E-state index is 0.197. The molecule has 1 aliphatic carbocycles. The van der Waals surface area contributed by atoms with Crippen LogP contribution < -0.4 is 10.1 Å². The molecule has 0 bridgehead atoms. The quantitative estimate of drug-likeness (QED) is 0.783. The number of ether oxygens (including phenoxy) is 1. The van der Waals surface area contributed by atoms with E-state index in [2.05, 4.69) is 10.3 Å². The van der Waals surface area contributed by atoms with Crippen LogP contribution in [0.2, 0.25) is 0 Å². The van der Waals surface area contributed by atoms with Gasteiger partial charge in [0, 0.05) is 29.4 Å². The molecule has 0 saturated carbocycles. The molecule has 128 valence electrons. The SMILES string of the molecule is c1cc(-c2nc(O[C@H]3CCNC3)c3c4c(sc3n2)CCCC4)ccn1. The van der Waals surface area contributed by atoms with E-state index in [1.54, 1.807) is 12.4 Å². The lowest BCUT2D eigenvalue weighted by atomic mass is 9.97. The van der Waals surface area contributed by atoms with Crippen LogP contribution in [0.1, 0.15) is 29.7 Å². The Bertz CT molecular complexity index is 903. The van der Waals surface area contributed by atoms with E-state index < -0.39 is 0 Å². The summed E-state index contributed by atoms with van der Waals surface area (Å²) in [5, 5.41) is 4.53. The monoisotopic (exact) mass is 352 g/mol. The van der Waals surface area contributed by atoms with Gasteiger partial charge in [-0.05, 0) is 56.3 Å². The first-order valence-corrected chi connectivity index (χ1v) is 9.80. The van der Waals surface area contributed by atoms with Crippen LogP contribution in [0, 0.1) is 0 Å². The van der Waals surface area contributed by atoms with E-state index in [0.717, 1.165) is 59.8 Å². The molecule has 1 saturated heterocycles. The molecule has 3 aromatic rings. The smallest absolute Gasteiger partial charge is 0.226 e. The second kappa shape index (κ2) is 6.35. The number of hydrogen-bond donors (Lipinski definition) is 1. The summed E-state index contributed by atoms with van der Waals surface area (Å²) in [5.74, 6) is 1.50. The number of nitrogens with one attached hydrogen (secondary N) is 1. The molecule has 4 heterocycles. The van der Waals surface area contributed by atoms with Gasteiger partial charge in [-0.1, -0.05) is 0 Å². The first-order valence-electron chi connectivity index (χ1n) is 8.98.